The fourth-order valence-corrected chi connectivity index (χ4v) is 3.51. The van der Waals surface area contributed by atoms with Gasteiger partial charge in [0.1, 0.15) is 12.1 Å². The van der Waals surface area contributed by atoms with E-state index in [1.165, 1.54) is 0 Å². The van der Waals surface area contributed by atoms with Gasteiger partial charge in [0.25, 0.3) is 0 Å². The van der Waals surface area contributed by atoms with Crippen molar-refractivity contribution in [1.29, 1.82) is 0 Å². The summed E-state index contributed by atoms with van der Waals surface area (Å²) in [6, 6.07) is 3.18. The van der Waals surface area contributed by atoms with Gasteiger partial charge >= 0.3 is 32.1 Å². The number of aliphatic carboxylic acids is 2. The molecule has 0 spiro atoms. The molecule has 0 saturated heterocycles. The van der Waals surface area contributed by atoms with Crippen molar-refractivity contribution >= 4 is 35.1 Å². The number of carbonyl (C=O) groups is 2. The first-order valence-electron chi connectivity index (χ1n) is 8.99. The second-order valence-electron chi connectivity index (χ2n) is 7.07. The number of nitrogens with one attached hydrogen (secondary N) is 1. The van der Waals surface area contributed by atoms with Crippen molar-refractivity contribution in [2.24, 2.45) is 5.92 Å². The van der Waals surface area contributed by atoms with E-state index < -0.39 is 24.0 Å². The Labute approximate surface area is 209 Å². The van der Waals surface area contributed by atoms with Crippen LogP contribution in [-0.4, -0.2) is 43.8 Å². The van der Waals surface area contributed by atoms with Gasteiger partial charge in [0.05, 0.1) is 6.33 Å². The molecule has 177 valence electrons. The zero-order valence-electron chi connectivity index (χ0n) is 16.8. The molecule has 31 heavy (non-hydrogen) atoms. The van der Waals surface area contributed by atoms with Crippen molar-refractivity contribution < 1.29 is 51.1 Å². The van der Waals surface area contributed by atoms with Gasteiger partial charge in [-0.05, 0) is 36.1 Å². The Balaban J connectivity index is 0.00000291. The van der Waals surface area contributed by atoms with E-state index >= 15 is 0 Å². The molecule has 0 aliphatic rings. The van der Waals surface area contributed by atoms with Gasteiger partial charge < -0.3 is 14.8 Å². The van der Waals surface area contributed by atoms with Crippen molar-refractivity contribution in [3.63, 3.8) is 0 Å². The average molecular weight is 559 g/mol. The Hall–Kier alpha value is -1.32. The van der Waals surface area contributed by atoms with E-state index in [1.54, 1.807) is 35.3 Å². The van der Waals surface area contributed by atoms with E-state index in [4.69, 9.17) is 23.2 Å². The van der Waals surface area contributed by atoms with E-state index in [1.807, 2.05) is 13.8 Å². The first-order valence-corrected chi connectivity index (χ1v) is 10.3. The molecule has 0 fully saturated rings. The van der Waals surface area contributed by atoms with Crippen molar-refractivity contribution in [1.82, 2.24) is 14.9 Å². The summed E-state index contributed by atoms with van der Waals surface area (Å²) in [4.78, 5) is 27.3. The monoisotopic (exact) mass is 556 g/mol. The second kappa shape index (κ2) is 14.7. The minimum absolute atomic E-state index is 0. The fraction of sp³-hybridized carbons (Fsp3) is 0.400. The Morgan fingerprint density at radius 3 is 2.16 bits per heavy atom. The van der Waals surface area contributed by atoms with E-state index in [9.17, 15) is 19.8 Å². The standard InChI is InChI=1S/C19H23Cl2N3O4.CH.2Ni/c1-11(2)3-16(18(25)26)23-17(19(27)28)7-15-8-22-10-24(15)9-12-4-13(20)6-14(21)5-12;;;/h4-6,8,10-11,16-17,23H,3,7,9H2,1-2H3,(H,25,26)(H,27,28);1H;;/t16?,17-;;;/m1.../s1. The van der Waals surface area contributed by atoms with Gasteiger partial charge in [-0.15, -0.1) is 0 Å². The number of halogens is 2. The molecule has 7 nitrogen and oxygen atoms in total. The van der Waals surface area contributed by atoms with Gasteiger partial charge in [-0.1, -0.05) is 37.0 Å². The Bertz CT molecular complexity index is 870. The Morgan fingerprint density at radius 2 is 1.68 bits per heavy atom. The number of rotatable bonds is 10. The molecular formula is C20H24Cl2N3Ni2O4. The molecule has 2 rings (SSSR count). The van der Waals surface area contributed by atoms with E-state index in [0.717, 1.165) is 5.56 Å². The third-order valence-corrected chi connectivity index (χ3v) is 4.63. The summed E-state index contributed by atoms with van der Waals surface area (Å²) in [7, 11) is 0. The molecule has 2 atom stereocenters. The maximum atomic E-state index is 11.7. The van der Waals surface area contributed by atoms with Crippen LogP contribution in [0.15, 0.2) is 30.7 Å². The molecule has 0 radical (unpaired) electrons. The Kier molecular flexibility index (Phi) is 14.1. The molecule has 2 aromatic rings. The number of imidazole rings is 1. The largest absolute Gasteiger partial charge is 0 e. The quantitative estimate of drug-likeness (QED) is 0.386. The average Bonchev–Trinajstić information content (AvgIpc) is 3.07. The maximum Gasteiger partial charge on any atom is 0 e. The molecule has 1 aromatic heterocycles. The number of carboxylic acids is 2. The van der Waals surface area contributed by atoms with Crippen LogP contribution in [0, 0.1) is 11.2 Å². The van der Waals surface area contributed by atoms with Crippen molar-refractivity contribution in [3.05, 3.63) is 52.0 Å². The van der Waals surface area contributed by atoms with Crippen molar-refractivity contribution in [2.75, 3.05) is 0 Å². The summed E-state index contributed by atoms with van der Waals surface area (Å²) in [6.45, 7) is 4.19. The predicted molar refractivity (Wildman–Crippen MR) is 112 cm³/mol. The summed E-state index contributed by atoms with van der Waals surface area (Å²) in [6.07, 6.45) is 3.58. The van der Waals surface area contributed by atoms with Gasteiger partial charge in [-0.3, -0.25) is 14.9 Å². The molecule has 3 N–H and O–H groups in total. The van der Waals surface area contributed by atoms with Crippen LogP contribution in [0.1, 0.15) is 31.5 Å². The number of benzene rings is 1. The van der Waals surface area contributed by atoms with Crippen LogP contribution in [0.2, 0.25) is 10.0 Å². The van der Waals surface area contributed by atoms with Gasteiger partial charge in [0.15, 0.2) is 0 Å². The number of aromatic nitrogens is 2. The van der Waals surface area contributed by atoms with Crippen LogP contribution in [0.4, 0.5) is 0 Å². The first-order chi connectivity index (χ1) is 14.2. The van der Waals surface area contributed by atoms with Gasteiger partial charge in [-0.25, -0.2) is 4.98 Å². The van der Waals surface area contributed by atoms with Crippen molar-refractivity contribution in [3.8, 4) is 5.31 Å². The summed E-state index contributed by atoms with van der Waals surface area (Å²) >= 11 is 15.4. The first kappa shape index (κ1) is 29.7. The molecule has 1 heterocycles. The van der Waals surface area contributed by atoms with Crippen LogP contribution < -0.4 is 5.32 Å². The molecule has 0 saturated carbocycles. The minimum atomic E-state index is -1.12. The zero-order chi connectivity index (χ0) is 22.8. The number of hydrogen-bond acceptors (Lipinski definition) is 4. The molecule has 1 aromatic carbocycles. The van der Waals surface area contributed by atoms with Crippen molar-refractivity contribution in [2.45, 2.75) is 45.3 Å². The minimum Gasteiger partial charge on any atom is 0 e. The number of hydrogen-bond donors (Lipinski definition) is 3. The molecule has 1 unspecified atom stereocenters. The maximum absolute atomic E-state index is 11.7. The van der Waals surface area contributed by atoms with E-state index in [2.05, 4.69) is 30.4 Å². The zero-order valence-corrected chi connectivity index (χ0v) is 20.3. The SMILES string of the molecule is CC(C)CC(N[C@H](Cc1cncn1Cc1cc(Cl)cc(Cl)c1)C(=O)O)C(=O)O.[CH]#[Ni].[Ni]. The molecule has 0 bridgehead atoms. The van der Waals surface area contributed by atoms with Crippen LogP contribution >= 0.6 is 23.2 Å². The molecular weight excluding hydrogens is 535 g/mol. The topological polar surface area (TPSA) is 104 Å². The smallest absolute Gasteiger partial charge is 0 e. The Morgan fingerprint density at radius 1 is 1.13 bits per heavy atom. The molecule has 11 heteroatoms. The normalized spacial score (nSPS) is 12.3. The second-order valence-corrected chi connectivity index (χ2v) is 7.95. The molecule has 0 aliphatic heterocycles. The number of carboxylic acid groups (broad SMARTS) is 2. The third kappa shape index (κ3) is 10.2. The van der Waals surface area contributed by atoms with E-state index in [0.29, 0.717) is 28.7 Å². The van der Waals surface area contributed by atoms with Crippen LogP contribution in [0.5, 0.6) is 0 Å². The van der Waals surface area contributed by atoms with Gasteiger partial charge in [0, 0.05) is 51.4 Å². The van der Waals surface area contributed by atoms with Gasteiger partial charge in [0.2, 0.25) is 0 Å². The summed E-state index contributed by atoms with van der Waals surface area (Å²) in [5.41, 5.74) is 1.50. The van der Waals surface area contributed by atoms with Crippen LogP contribution in [-0.2, 0) is 53.9 Å². The van der Waals surface area contributed by atoms with E-state index in [-0.39, 0.29) is 28.8 Å². The van der Waals surface area contributed by atoms with Crippen LogP contribution in [0.25, 0.3) is 0 Å². The van der Waals surface area contributed by atoms with Gasteiger partial charge in [-0.2, -0.15) is 0 Å². The fourth-order valence-electron chi connectivity index (χ4n) is 2.94. The third-order valence-electron chi connectivity index (χ3n) is 4.19. The molecule has 0 amide bonds. The molecule has 0 aliphatic carbocycles. The summed E-state index contributed by atoms with van der Waals surface area (Å²) in [5.74, 6) is -2.07. The van der Waals surface area contributed by atoms with Crippen LogP contribution in [0.3, 0.4) is 0 Å². The number of nitrogens with zero attached hydrogens (tertiary/aromatic N) is 2. The summed E-state index contributed by atoms with van der Waals surface area (Å²) in [5, 5.41) is 26.8. The predicted octanol–water partition coefficient (Wildman–Crippen LogP) is 3.44. The summed E-state index contributed by atoms with van der Waals surface area (Å²) < 4.78 is 1.79.